The van der Waals surface area contributed by atoms with Gasteiger partial charge in [0.15, 0.2) is 0 Å². The summed E-state index contributed by atoms with van der Waals surface area (Å²) in [5.41, 5.74) is 1.88. The Bertz CT molecular complexity index is 1370. The lowest BCUT2D eigenvalue weighted by atomic mass is 9.88. The molecular formula is C32H35F3N4O5. The number of amides is 2. The zero-order valence-electron chi connectivity index (χ0n) is 24.1. The van der Waals surface area contributed by atoms with Crippen LogP contribution in [0.1, 0.15) is 41.9 Å². The van der Waals surface area contributed by atoms with E-state index in [2.05, 4.69) is 15.6 Å². The number of rotatable bonds is 11. The van der Waals surface area contributed by atoms with Gasteiger partial charge in [-0.25, -0.2) is 18.0 Å². The summed E-state index contributed by atoms with van der Waals surface area (Å²) in [6.45, 7) is 1.98. The number of benzene rings is 2. The second-order valence-corrected chi connectivity index (χ2v) is 11.1. The van der Waals surface area contributed by atoms with Gasteiger partial charge in [-0.3, -0.25) is 9.78 Å². The Morgan fingerprint density at radius 1 is 1.02 bits per heavy atom. The van der Waals surface area contributed by atoms with E-state index in [0.29, 0.717) is 50.3 Å². The maximum Gasteiger partial charge on any atom is 0.407 e. The summed E-state index contributed by atoms with van der Waals surface area (Å²) in [5, 5.41) is 15.8. The number of halogens is 3. The average molecular weight is 613 g/mol. The van der Waals surface area contributed by atoms with Crippen LogP contribution in [0.15, 0.2) is 60.9 Å². The molecule has 0 aliphatic carbocycles. The van der Waals surface area contributed by atoms with Crippen LogP contribution in [-0.2, 0) is 20.7 Å². The quantitative estimate of drug-likeness (QED) is 0.287. The van der Waals surface area contributed by atoms with E-state index in [1.807, 2.05) is 0 Å². The largest absolute Gasteiger partial charge is 0.465 e. The number of carboxylic acid groups (broad SMARTS) is 1. The molecule has 3 atom stereocenters. The molecule has 1 aromatic heterocycles. The van der Waals surface area contributed by atoms with Crippen LogP contribution < -0.4 is 10.6 Å². The lowest BCUT2D eigenvalue weighted by Gasteiger charge is -2.35. The molecule has 1 unspecified atom stereocenters. The van der Waals surface area contributed by atoms with Gasteiger partial charge in [0.1, 0.15) is 17.5 Å². The standard InChI is InChI=1S/C32H35F3N4O5/c33-22-5-1-20(2-6-22)28(21-3-7-23(34)8-4-21)13-31(40)38-30-16-36-15-29(35)27(30)10-9-26-14-37-24(18-44-26)17-39(32(41)42)25-11-12-43-19-25/h1-8,15-16,24-26,28,37H,9-14,17-19H2,(H,38,40)(H,41,42)/t24-,25?,26+/m0/s1. The zero-order valence-corrected chi connectivity index (χ0v) is 24.1. The van der Waals surface area contributed by atoms with Crippen LogP contribution in [0.25, 0.3) is 0 Å². The van der Waals surface area contributed by atoms with Crippen LogP contribution in [0.4, 0.5) is 23.7 Å². The number of carbonyl (C=O) groups excluding carboxylic acids is 1. The number of anilines is 1. The van der Waals surface area contributed by atoms with E-state index < -0.39 is 35.4 Å². The second kappa shape index (κ2) is 14.7. The third-order valence-electron chi connectivity index (χ3n) is 8.11. The van der Waals surface area contributed by atoms with Gasteiger partial charge in [-0.05, 0) is 54.7 Å². The van der Waals surface area contributed by atoms with Gasteiger partial charge in [-0.1, -0.05) is 24.3 Å². The number of nitrogens with one attached hydrogen (secondary N) is 2. The van der Waals surface area contributed by atoms with Crippen molar-refractivity contribution in [1.82, 2.24) is 15.2 Å². The molecule has 12 heteroatoms. The fourth-order valence-electron chi connectivity index (χ4n) is 5.69. The van der Waals surface area contributed by atoms with Gasteiger partial charge in [-0.15, -0.1) is 0 Å². The highest BCUT2D eigenvalue weighted by Crippen LogP contribution is 2.30. The van der Waals surface area contributed by atoms with Crippen LogP contribution >= 0.6 is 0 Å². The van der Waals surface area contributed by atoms with Gasteiger partial charge in [0.2, 0.25) is 5.91 Å². The third-order valence-corrected chi connectivity index (χ3v) is 8.11. The molecule has 2 aliphatic heterocycles. The Morgan fingerprint density at radius 3 is 2.27 bits per heavy atom. The van der Waals surface area contributed by atoms with E-state index in [9.17, 15) is 27.9 Å². The first-order chi connectivity index (χ1) is 21.3. The minimum Gasteiger partial charge on any atom is -0.465 e. The molecular weight excluding hydrogens is 577 g/mol. The predicted molar refractivity (Wildman–Crippen MR) is 156 cm³/mol. The van der Waals surface area contributed by atoms with Gasteiger partial charge in [0.05, 0.1) is 43.4 Å². The Hall–Kier alpha value is -4.00. The third kappa shape index (κ3) is 8.13. The first-order valence-electron chi connectivity index (χ1n) is 14.6. The Labute approximate surface area is 253 Å². The molecule has 0 radical (unpaired) electrons. The lowest BCUT2D eigenvalue weighted by Crippen LogP contribution is -2.54. The molecule has 2 amide bonds. The van der Waals surface area contributed by atoms with Crippen LogP contribution in [0.3, 0.4) is 0 Å². The van der Waals surface area contributed by atoms with Gasteiger partial charge in [-0.2, -0.15) is 0 Å². The maximum atomic E-state index is 14.9. The number of nitrogens with zero attached hydrogens (tertiary/aromatic N) is 2. The highest BCUT2D eigenvalue weighted by molar-refractivity contribution is 5.92. The second-order valence-electron chi connectivity index (χ2n) is 11.1. The zero-order chi connectivity index (χ0) is 31.1. The van der Waals surface area contributed by atoms with Crippen molar-refractivity contribution in [3.8, 4) is 0 Å². The number of carbonyl (C=O) groups is 2. The monoisotopic (exact) mass is 612 g/mol. The van der Waals surface area contributed by atoms with E-state index >= 15 is 0 Å². The first kappa shape index (κ1) is 31.4. The van der Waals surface area contributed by atoms with Crippen LogP contribution in [-0.4, -0.2) is 78.1 Å². The smallest absolute Gasteiger partial charge is 0.407 e. The molecule has 3 N–H and O–H groups in total. The van der Waals surface area contributed by atoms with E-state index in [1.165, 1.54) is 35.4 Å². The van der Waals surface area contributed by atoms with Crippen molar-refractivity contribution in [2.24, 2.45) is 0 Å². The summed E-state index contributed by atoms with van der Waals surface area (Å²) in [5.74, 6) is -2.30. The van der Waals surface area contributed by atoms with Crippen molar-refractivity contribution >= 4 is 17.7 Å². The van der Waals surface area contributed by atoms with Crippen molar-refractivity contribution in [1.29, 1.82) is 0 Å². The van der Waals surface area contributed by atoms with Crippen molar-refractivity contribution in [3.05, 3.63) is 95.1 Å². The molecule has 0 saturated carbocycles. The number of pyridine rings is 1. The Balaban J connectivity index is 1.19. The molecule has 5 rings (SSSR count). The molecule has 2 aliphatic rings. The molecule has 0 bridgehead atoms. The number of morpholine rings is 1. The van der Waals surface area contributed by atoms with Crippen molar-refractivity contribution in [2.75, 3.05) is 38.2 Å². The van der Waals surface area contributed by atoms with Gasteiger partial charge < -0.3 is 30.1 Å². The SMILES string of the molecule is O=C(CC(c1ccc(F)cc1)c1ccc(F)cc1)Nc1cncc(F)c1CC[C@@H]1CN[C@@H](CN(C(=O)O)C2CCOC2)CO1. The van der Waals surface area contributed by atoms with Gasteiger partial charge in [0.25, 0.3) is 0 Å². The Kier molecular flexibility index (Phi) is 10.5. The first-order valence-corrected chi connectivity index (χ1v) is 14.6. The highest BCUT2D eigenvalue weighted by Gasteiger charge is 2.31. The van der Waals surface area contributed by atoms with Crippen molar-refractivity contribution < 1.29 is 37.3 Å². The molecule has 9 nitrogen and oxygen atoms in total. The minimum absolute atomic E-state index is 0.0510. The lowest BCUT2D eigenvalue weighted by molar-refractivity contribution is -0.116. The predicted octanol–water partition coefficient (Wildman–Crippen LogP) is 4.72. The molecule has 2 fully saturated rings. The topological polar surface area (TPSA) is 113 Å². The average Bonchev–Trinajstić information content (AvgIpc) is 3.55. The highest BCUT2D eigenvalue weighted by atomic mass is 19.1. The van der Waals surface area contributed by atoms with Crippen LogP contribution in [0.2, 0.25) is 0 Å². The molecule has 234 valence electrons. The summed E-state index contributed by atoms with van der Waals surface area (Å²) in [6, 6.07) is 11.2. The Morgan fingerprint density at radius 2 is 1.70 bits per heavy atom. The summed E-state index contributed by atoms with van der Waals surface area (Å²) in [6.07, 6.45) is 2.59. The molecule has 2 saturated heterocycles. The van der Waals surface area contributed by atoms with Gasteiger partial charge >= 0.3 is 6.09 Å². The van der Waals surface area contributed by atoms with E-state index in [0.717, 1.165) is 6.20 Å². The molecule has 44 heavy (non-hydrogen) atoms. The number of ether oxygens (including phenoxy) is 2. The molecule has 0 spiro atoms. The number of hydrogen-bond donors (Lipinski definition) is 3. The van der Waals surface area contributed by atoms with Crippen LogP contribution in [0, 0.1) is 17.5 Å². The van der Waals surface area contributed by atoms with Crippen molar-refractivity contribution in [2.45, 2.75) is 49.8 Å². The summed E-state index contributed by atoms with van der Waals surface area (Å²) in [7, 11) is 0. The van der Waals surface area contributed by atoms with E-state index in [4.69, 9.17) is 9.47 Å². The normalized spacial score (nSPS) is 20.0. The minimum atomic E-state index is -0.992. The number of aromatic nitrogens is 1. The fraction of sp³-hybridized carbons (Fsp3) is 0.406. The van der Waals surface area contributed by atoms with Crippen LogP contribution in [0.5, 0.6) is 0 Å². The molecule has 3 aromatic rings. The van der Waals surface area contributed by atoms with Gasteiger partial charge in [0, 0.05) is 43.6 Å². The molecule has 2 aromatic carbocycles. The van der Waals surface area contributed by atoms with E-state index in [1.54, 1.807) is 24.3 Å². The maximum absolute atomic E-state index is 14.9. The molecule has 3 heterocycles. The number of hydrogen-bond acceptors (Lipinski definition) is 6. The summed E-state index contributed by atoms with van der Waals surface area (Å²) < 4.78 is 53.4. The van der Waals surface area contributed by atoms with E-state index in [-0.39, 0.29) is 48.8 Å². The summed E-state index contributed by atoms with van der Waals surface area (Å²) in [4.78, 5) is 30.3. The van der Waals surface area contributed by atoms with Crippen molar-refractivity contribution in [3.63, 3.8) is 0 Å². The fourth-order valence-corrected chi connectivity index (χ4v) is 5.69. The summed E-state index contributed by atoms with van der Waals surface area (Å²) >= 11 is 0.